The second-order valence-corrected chi connectivity index (χ2v) is 7.38. The quantitative estimate of drug-likeness (QED) is 0.728. The lowest BCUT2D eigenvalue weighted by Crippen LogP contribution is -2.24. The first-order valence-corrected chi connectivity index (χ1v) is 9.79. The van der Waals surface area contributed by atoms with E-state index in [9.17, 15) is 9.59 Å². The van der Waals surface area contributed by atoms with Crippen LogP contribution in [0.2, 0.25) is 0 Å². The number of rotatable bonds is 5. The molecule has 0 spiro atoms. The van der Waals surface area contributed by atoms with Crippen LogP contribution in [0.3, 0.4) is 0 Å². The van der Waals surface area contributed by atoms with Crippen molar-refractivity contribution in [2.45, 2.75) is 26.3 Å². The SMILES string of the molecule is Cc1nn(C)cc1-c1cccc(C(=O)NCc2ccc(N3CCCC3=O)cc2)c1. The molecule has 1 aliphatic rings. The predicted molar refractivity (Wildman–Crippen MR) is 113 cm³/mol. The second-order valence-electron chi connectivity index (χ2n) is 7.38. The number of aryl methyl sites for hydroxylation is 2. The van der Waals surface area contributed by atoms with Crippen LogP contribution in [-0.2, 0) is 18.4 Å². The highest BCUT2D eigenvalue weighted by Gasteiger charge is 2.21. The van der Waals surface area contributed by atoms with Gasteiger partial charge >= 0.3 is 0 Å². The Morgan fingerprint density at radius 2 is 1.97 bits per heavy atom. The van der Waals surface area contributed by atoms with Gasteiger partial charge in [0.1, 0.15) is 0 Å². The summed E-state index contributed by atoms with van der Waals surface area (Å²) in [6, 6.07) is 15.4. The fraction of sp³-hybridized carbons (Fsp3) is 0.261. The highest BCUT2D eigenvalue weighted by atomic mass is 16.2. The fourth-order valence-corrected chi connectivity index (χ4v) is 3.71. The average molecular weight is 388 g/mol. The summed E-state index contributed by atoms with van der Waals surface area (Å²) in [5, 5.41) is 7.34. The van der Waals surface area contributed by atoms with Crippen molar-refractivity contribution in [2.24, 2.45) is 7.05 Å². The Labute approximate surface area is 170 Å². The van der Waals surface area contributed by atoms with Crippen LogP contribution in [0.4, 0.5) is 5.69 Å². The van der Waals surface area contributed by atoms with Gasteiger partial charge in [0.2, 0.25) is 5.91 Å². The molecular formula is C23H24N4O2. The molecule has 1 aromatic heterocycles. The Balaban J connectivity index is 1.41. The second kappa shape index (κ2) is 7.91. The lowest BCUT2D eigenvalue weighted by atomic mass is 10.0. The maximum atomic E-state index is 12.6. The van der Waals surface area contributed by atoms with E-state index in [-0.39, 0.29) is 11.8 Å². The molecule has 6 heteroatoms. The molecule has 0 atom stereocenters. The molecule has 0 radical (unpaired) electrons. The van der Waals surface area contributed by atoms with E-state index < -0.39 is 0 Å². The third-order valence-electron chi connectivity index (χ3n) is 5.22. The molecular weight excluding hydrogens is 364 g/mol. The maximum absolute atomic E-state index is 12.6. The van der Waals surface area contributed by atoms with Gasteiger partial charge in [-0.3, -0.25) is 14.3 Å². The van der Waals surface area contributed by atoms with Crippen molar-refractivity contribution in [1.82, 2.24) is 15.1 Å². The summed E-state index contributed by atoms with van der Waals surface area (Å²) in [5.41, 5.74) is 5.46. The summed E-state index contributed by atoms with van der Waals surface area (Å²) in [7, 11) is 1.89. The van der Waals surface area contributed by atoms with Gasteiger partial charge in [-0.2, -0.15) is 5.10 Å². The van der Waals surface area contributed by atoms with Crippen LogP contribution in [0, 0.1) is 6.92 Å². The van der Waals surface area contributed by atoms with E-state index in [0.29, 0.717) is 18.5 Å². The molecule has 4 rings (SSSR count). The average Bonchev–Trinajstić information content (AvgIpc) is 3.31. The van der Waals surface area contributed by atoms with Gasteiger partial charge < -0.3 is 10.2 Å². The molecule has 2 aromatic carbocycles. The van der Waals surface area contributed by atoms with Crippen molar-refractivity contribution in [2.75, 3.05) is 11.4 Å². The monoisotopic (exact) mass is 388 g/mol. The predicted octanol–water partition coefficient (Wildman–Crippen LogP) is 3.45. The third-order valence-corrected chi connectivity index (χ3v) is 5.22. The maximum Gasteiger partial charge on any atom is 0.251 e. The highest BCUT2D eigenvalue weighted by Crippen LogP contribution is 2.24. The Morgan fingerprint density at radius 3 is 2.62 bits per heavy atom. The minimum Gasteiger partial charge on any atom is -0.348 e. The summed E-state index contributed by atoms with van der Waals surface area (Å²) >= 11 is 0. The van der Waals surface area contributed by atoms with Crippen LogP contribution < -0.4 is 10.2 Å². The summed E-state index contributed by atoms with van der Waals surface area (Å²) < 4.78 is 1.77. The first-order valence-electron chi connectivity index (χ1n) is 9.79. The molecule has 2 amide bonds. The van der Waals surface area contributed by atoms with Crippen molar-refractivity contribution in [3.8, 4) is 11.1 Å². The molecule has 3 aromatic rings. The fourth-order valence-electron chi connectivity index (χ4n) is 3.71. The Morgan fingerprint density at radius 1 is 1.17 bits per heavy atom. The smallest absolute Gasteiger partial charge is 0.251 e. The zero-order valence-electron chi connectivity index (χ0n) is 16.7. The highest BCUT2D eigenvalue weighted by molar-refractivity contribution is 5.96. The minimum absolute atomic E-state index is 0.118. The standard InChI is InChI=1S/C23H24N4O2/c1-16-21(15-26(2)25-16)18-5-3-6-19(13-18)23(29)24-14-17-8-10-20(11-9-17)27-12-4-7-22(27)28/h3,5-6,8-11,13,15H,4,7,12,14H2,1-2H3,(H,24,29). The van der Waals surface area contributed by atoms with Gasteiger partial charge in [-0.1, -0.05) is 24.3 Å². The molecule has 0 unspecified atom stereocenters. The number of carbonyl (C=O) groups excluding carboxylic acids is 2. The van der Waals surface area contributed by atoms with Crippen molar-refractivity contribution in [1.29, 1.82) is 0 Å². The molecule has 148 valence electrons. The van der Waals surface area contributed by atoms with Gasteiger partial charge in [-0.25, -0.2) is 0 Å². The van der Waals surface area contributed by atoms with Crippen molar-refractivity contribution in [3.63, 3.8) is 0 Å². The number of hydrogen-bond acceptors (Lipinski definition) is 3. The summed E-state index contributed by atoms with van der Waals surface area (Å²) in [6.45, 7) is 3.17. The minimum atomic E-state index is -0.118. The number of carbonyl (C=O) groups is 2. The van der Waals surface area contributed by atoms with E-state index in [4.69, 9.17) is 0 Å². The van der Waals surface area contributed by atoms with Crippen LogP contribution >= 0.6 is 0 Å². The van der Waals surface area contributed by atoms with Crippen LogP contribution in [0.1, 0.15) is 34.5 Å². The van der Waals surface area contributed by atoms with Crippen molar-refractivity contribution < 1.29 is 9.59 Å². The van der Waals surface area contributed by atoms with E-state index in [1.807, 2.05) is 73.6 Å². The summed E-state index contributed by atoms with van der Waals surface area (Å²) in [4.78, 5) is 26.3. The van der Waals surface area contributed by atoms with E-state index in [0.717, 1.165) is 41.0 Å². The topological polar surface area (TPSA) is 67.2 Å². The molecule has 1 N–H and O–H groups in total. The molecule has 2 heterocycles. The van der Waals surface area contributed by atoms with Gasteiger partial charge in [0.15, 0.2) is 0 Å². The Kier molecular flexibility index (Phi) is 5.16. The molecule has 0 aliphatic carbocycles. The molecule has 1 aliphatic heterocycles. The van der Waals surface area contributed by atoms with Gasteiger partial charge in [0, 0.05) is 49.6 Å². The van der Waals surface area contributed by atoms with E-state index >= 15 is 0 Å². The molecule has 0 saturated carbocycles. The summed E-state index contributed by atoms with van der Waals surface area (Å²) in [5.74, 6) is 0.0574. The first-order chi connectivity index (χ1) is 14.0. The number of aromatic nitrogens is 2. The molecule has 0 bridgehead atoms. The Hall–Kier alpha value is -3.41. The van der Waals surface area contributed by atoms with Crippen molar-refractivity contribution >= 4 is 17.5 Å². The van der Waals surface area contributed by atoms with Gasteiger partial charge in [-0.05, 0) is 48.7 Å². The van der Waals surface area contributed by atoms with E-state index in [2.05, 4.69) is 10.4 Å². The summed E-state index contributed by atoms with van der Waals surface area (Å²) in [6.07, 6.45) is 3.49. The molecule has 6 nitrogen and oxygen atoms in total. The number of benzene rings is 2. The Bertz CT molecular complexity index is 1050. The zero-order valence-corrected chi connectivity index (χ0v) is 16.7. The lowest BCUT2D eigenvalue weighted by Gasteiger charge is -2.16. The van der Waals surface area contributed by atoms with Gasteiger partial charge in [0.05, 0.1) is 5.69 Å². The number of anilines is 1. The van der Waals surface area contributed by atoms with Crippen LogP contribution in [-0.4, -0.2) is 28.1 Å². The number of hydrogen-bond donors (Lipinski definition) is 1. The van der Waals surface area contributed by atoms with Crippen LogP contribution in [0.25, 0.3) is 11.1 Å². The third kappa shape index (κ3) is 4.06. The zero-order chi connectivity index (χ0) is 20.4. The van der Waals surface area contributed by atoms with E-state index in [1.165, 1.54) is 0 Å². The van der Waals surface area contributed by atoms with Crippen molar-refractivity contribution in [3.05, 3.63) is 71.5 Å². The number of nitrogens with zero attached hydrogens (tertiary/aromatic N) is 3. The van der Waals surface area contributed by atoms with E-state index in [1.54, 1.807) is 4.68 Å². The van der Waals surface area contributed by atoms with Crippen LogP contribution in [0.5, 0.6) is 0 Å². The van der Waals surface area contributed by atoms with Gasteiger partial charge in [-0.15, -0.1) is 0 Å². The normalized spacial score (nSPS) is 13.7. The molecule has 1 fully saturated rings. The molecule has 1 saturated heterocycles. The largest absolute Gasteiger partial charge is 0.348 e. The van der Waals surface area contributed by atoms with Gasteiger partial charge in [0.25, 0.3) is 5.91 Å². The van der Waals surface area contributed by atoms with Crippen LogP contribution in [0.15, 0.2) is 54.7 Å². The number of nitrogens with one attached hydrogen (secondary N) is 1. The molecule has 29 heavy (non-hydrogen) atoms. The number of amides is 2. The lowest BCUT2D eigenvalue weighted by molar-refractivity contribution is -0.117. The first kappa shape index (κ1) is 18.9.